The van der Waals surface area contributed by atoms with Gasteiger partial charge in [-0.1, -0.05) is 13.8 Å². The maximum Gasteiger partial charge on any atom is 0.212 e. The maximum absolute atomic E-state index is 10.3. The van der Waals surface area contributed by atoms with Gasteiger partial charge in [-0.25, -0.2) is 9.98 Å². The Morgan fingerprint density at radius 3 is 2.23 bits per heavy atom. The minimum atomic E-state index is -1.08. The van der Waals surface area contributed by atoms with Gasteiger partial charge in [-0.3, -0.25) is 0 Å². The van der Waals surface area contributed by atoms with Gasteiger partial charge in [0.05, 0.1) is 13.2 Å². The summed E-state index contributed by atoms with van der Waals surface area (Å²) in [5, 5.41) is 10.3. The zero-order valence-electron chi connectivity index (χ0n) is 16.3. The van der Waals surface area contributed by atoms with Crippen molar-refractivity contribution >= 4 is 11.8 Å². The summed E-state index contributed by atoms with van der Waals surface area (Å²) in [6.07, 6.45) is -2.67. The van der Waals surface area contributed by atoms with Crippen molar-refractivity contribution in [3.05, 3.63) is 0 Å². The summed E-state index contributed by atoms with van der Waals surface area (Å²) >= 11 is 0. The van der Waals surface area contributed by atoms with Crippen LogP contribution in [0.5, 0.6) is 0 Å². The maximum atomic E-state index is 10.3. The summed E-state index contributed by atoms with van der Waals surface area (Å²) in [6, 6.07) is -0.749. The molecule has 3 aliphatic rings. The van der Waals surface area contributed by atoms with Crippen molar-refractivity contribution in [1.29, 1.82) is 0 Å². The van der Waals surface area contributed by atoms with E-state index in [9.17, 15) is 5.11 Å². The molecule has 1 unspecified atom stereocenters. The van der Waals surface area contributed by atoms with E-state index < -0.39 is 36.4 Å². The number of aliphatic imine (C=N–C) groups is 2. The van der Waals surface area contributed by atoms with Gasteiger partial charge in [0.1, 0.15) is 24.4 Å². The Morgan fingerprint density at radius 1 is 1.00 bits per heavy atom. The summed E-state index contributed by atoms with van der Waals surface area (Å²) in [4.78, 5) is 9.52. The highest BCUT2D eigenvalue weighted by molar-refractivity contribution is 5.94. The molecule has 3 aliphatic heterocycles. The van der Waals surface area contributed by atoms with Crippen LogP contribution in [0, 0.1) is 5.92 Å². The summed E-state index contributed by atoms with van der Waals surface area (Å²) in [5.74, 6) is 0.476. The van der Waals surface area contributed by atoms with E-state index in [4.69, 9.17) is 33.7 Å². The van der Waals surface area contributed by atoms with Gasteiger partial charge in [0.2, 0.25) is 11.8 Å². The van der Waals surface area contributed by atoms with Crippen molar-refractivity contribution in [2.24, 2.45) is 15.9 Å². The Morgan fingerprint density at radius 2 is 1.62 bits per heavy atom. The standard InChI is InChI=1S/C18H30N2O6/c1-7-22-15-10(9(3)4)19-16(23-8-2)11(20-15)12-13-14(17(21)24-12)26-18(5,6)25-13/h9-14,17,21H,7-8H2,1-6H3/t10-,11+,12+,13+,14+,17?/m1/s1. The number of nitrogens with zero attached hydrogens (tertiary/aromatic N) is 2. The molecule has 148 valence electrons. The van der Waals surface area contributed by atoms with Gasteiger partial charge in [-0.2, -0.15) is 0 Å². The predicted molar refractivity (Wildman–Crippen MR) is 95.2 cm³/mol. The normalized spacial score (nSPS) is 38.8. The van der Waals surface area contributed by atoms with Crippen molar-refractivity contribution in [3.8, 4) is 0 Å². The fourth-order valence-electron chi connectivity index (χ4n) is 3.59. The zero-order chi connectivity index (χ0) is 19.1. The van der Waals surface area contributed by atoms with E-state index in [2.05, 4.69) is 13.8 Å². The van der Waals surface area contributed by atoms with Gasteiger partial charge >= 0.3 is 0 Å². The zero-order valence-corrected chi connectivity index (χ0v) is 16.3. The van der Waals surface area contributed by atoms with Gasteiger partial charge in [0, 0.05) is 0 Å². The minimum Gasteiger partial charge on any atom is -0.480 e. The number of ether oxygens (including phenoxy) is 5. The van der Waals surface area contributed by atoms with Gasteiger partial charge in [-0.05, 0) is 33.6 Å². The van der Waals surface area contributed by atoms with Gasteiger partial charge in [0.25, 0.3) is 0 Å². The molecule has 0 saturated carbocycles. The monoisotopic (exact) mass is 370 g/mol. The summed E-state index contributed by atoms with van der Waals surface area (Å²) in [7, 11) is 0. The Balaban J connectivity index is 1.92. The quantitative estimate of drug-likeness (QED) is 0.806. The van der Waals surface area contributed by atoms with Crippen LogP contribution in [0.15, 0.2) is 9.98 Å². The van der Waals surface area contributed by atoms with Crippen LogP contribution in [0.1, 0.15) is 41.5 Å². The lowest BCUT2D eigenvalue weighted by Gasteiger charge is -2.32. The van der Waals surface area contributed by atoms with Crippen LogP contribution in [-0.2, 0) is 23.7 Å². The number of rotatable bonds is 4. The molecule has 2 saturated heterocycles. The number of hydrogen-bond acceptors (Lipinski definition) is 8. The Kier molecular flexibility index (Phi) is 5.58. The predicted octanol–water partition coefficient (Wildman–Crippen LogP) is 1.50. The molecule has 8 heteroatoms. The first-order valence-corrected chi connectivity index (χ1v) is 9.37. The molecule has 3 rings (SSSR count). The number of aliphatic hydroxyl groups is 1. The third-order valence-corrected chi connectivity index (χ3v) is 4.63. The highest BCUT2D eigenvalue weighted by atomic mass is 16.8. The average molecular weight is 370 g/mol. The second-order valence-electron chi connectivity index (χ2n) is 7.49. The highest BCUT2D eigenvalue weighted by Crippen LogP contribution is 2.40. The van der Waals surface area contributed by atoms with Crippen LogP contribution in [0.4, 0.5) is 0 Å². The molecule has 0 aromatic heterocycles. The SMILES string of the molecule is CCOC1=N[C@H](C(C)C)C(OCC)=N[C@H]1[C@@H]1OC(O)[C@H]2OC(C)(C)O[C@@H]12. The number of fused-ring (bicyclic) bond motifs is 1. The Bertz CT molecular complexity index is 576. The second-order valence-corrected chi connectivity index (χ2v) is 7.49. The molecule has 6 atom stereocenters. The Labute approximate surface area is 154 Å². The number of aliphatic hydroxyl groups excluding tert-OH is 1. The molecular weight excluding hydrogens is 340 g/mol. The van der Waals surface area contributed by atoms with E-state index in [1.165, 1.54) is 0 Å². The van der Waals surface area contributed by atoms with Crippen LogP contribution in [0.3, 0.4) is 0 Å². The van der Waals surface area contributed by atoms with Crippen molar-refractivity contribution in [3.63, 3.8) is 0 Å². The fourth-order valence-corrected chi connectivity index (χ4v) is 3.59. The first kappa shape index (κ1) is 19.5. The van der Waals surface area contributed by atoms with Crippen LogP contribution in [-0.4, -0.2) is 72.6 Å². The molecule has 0 bridgehead atoms. The van der Waals surface area contributed by atoms with Gasteiger partial charge in [0.15, 0.2) is 18.1 Å². The molecule has 2 fully saturated rings. The topological polar surface area (TPSA) is 91.1 Å². The van der Waals surface area contributed by atoms with Crippen LogP contribution in [0.25, 0.3) is 0 Å². The molecule has 0 aromatic carbocycles. The van der Waals surface area contributed by atoms with Crippen molar-refractivity contribution < 1.29 is 28.8 Å². The van der Waals surface area contributed by atoms with E-state index in [0.29, 0.717) is 25.0 Å². The van der Waals surface area contributed by atoms with E-state index in [1.807, 2.05) is 27.7 Å². The highest BCUT2D eigenvalue weighted by Gasteiger charge is 2.58. The summed E-state index contributed by atoms with van der Waals surface area (Å²) in [6.45, 7) is 12.5. The molecule has 3 heterocycles. The van der Waals surface area contributed by atoms with Gasteiger partial charge in [-0.15, -0.1) is 0 Å². The third-order valence-electron chi connectivity index (χ3n) is 4.63. The molecule has 0 aliphatic carbocycles. The van der Waals surface area contributed by atoms with Crippen molar-refractivity contribution in [2.75, 3.05) is 13.2 Å². The van der Waals surface area contributed by atoms with E-state index >= 15 is 0 Å². The van der Waals surface area contributed by atoms with E-state index in [1.54, 1.807) is 0 Å². The first-order chi connectivity index (χ1) is 12.3. The van der Waals surface area contributed by atoms with Gasteiger partial charge < -0.3 is 28.8 Å². The largest absolute Gasteiger partial charge is 0.480 e. The Hall–Kier alpha value is -1.22. The average Bonchev–Trinajstić information content (AvgIpc) is 3.03. The molecule has 8 nitrogen and oxygen atoms in total. The lowest BCUT2D eigenvalue weighted by Crippen LogP contribution is -2.47. The lowest BCUT2D eigenvalue weighted by atomic mass is 9.99. The third kappa shape index (κ3) is 3.60. The molecule has 1 N–H and O–H groups in total. The first-order valence-electron chi connectivity index (χ1n) is 9.37. The smallest absolute Gasteiger partial charge is 0.212 e. The van der Waals surface area contributed by atoms with Crippen LogP contribution < -0.4 is 0 Å². The van der Waals surface area contributed by atoms with Crippen molar-refractivity contribution in [1.82, 2.24) is 0 Å². The summed E-state index contributed by atoms with van der Waals surface area (Å²) < 4.78 is 29.0. The fraction of sp³-hybridized carbons (Fsp3) is 0.889. The van der Waals surface area contributed by atoms with Crippen molar-refractivity contribution in [2.45, 2.75) is 84.0 Å². The molecule has 0 spiro atoms. The van der Waals surface area contributed by atoms with Crippen LogP contribution in [0.2, 0.25) is 0 Å². The minimum absolute atomic E-state index is 0.202. The van der Waals surface area contributed by atoms with E-state index in [0.717, 1.165) is 0 Å². The summed E-state index contributed by atoms with van der Waals surface area (Å²) in [5.41, 5.74) is 0. The molecule has 26 heavy (non-hydrogen) atoms. The number of hydrogen-bond donors (Lipinski definition) is 1. The second kappa shape index (κ2) is 7.42. The molecule has 0 amide bonds. The molecular formula is C18H30N2O6. The molecule has 0 radical (unpaired) electrons. The lowest BCUT2D eigenvalue weighted by molar-refractivity contribution is -0.220. The molecule has 0 aromatic rings. The van der Waals surface area contributed by atoms with E-state index in [-0.39, 0.29) is 12.0 Å². The van der Waals surface area contributed by atoms with Crippen LogP contribution >= 0.6 is 0 Å².